The van der Waals surface area contributed by atoms with E-state index in [-0.39, 0.29) is 13.0 Å². The van der Waals surface area contributed by atoms with Crippen molar-refractivity contribution in [3.05, 3.63) is 0 Å². The molecular formula is C24H44N4O9. The highest BCUT2D eigenvalue weighted by Crippen LogP contribution is 2.12. The topological polar surface area (TPSA) is 163 Å². The summed E-state index contributed by atoms with van der Waals surface area (Å²) in [4.78, 5) is 54.3. The van der Waals surface area contributed by atoms with Crippen molar-refractivity contribution >= 4 is 30.2 Å². The third kappa shape index (κ3) is 19.6. The van der Waals surface area contributed by atoms with Crippen LogP contribution in [0.4, 0.5) is 14.4 Å². The van der Waals surface area contributed by atoms with Gasteiger partial charge in [-0.25, -0.2) is 19.2 Å². The van der Waals surface area contributed by atoms with Crippen LogP contribution in [-0.4, -0.2) is 65.3 Å². The second-order valence-corrected chi connectivity index (χ2v) is 12.0. The van der Waals surface area contributed by atoms with E-state index in [9.17, 15) is 19.2 Å². The zero-order chi connectivity index (χ0) is 29.2. The predicted molar refractivity (Wildman–Crippen MR) is 136 cm³/mol. The summed E-state index contributed by atoms with van der Waals surface area (Å²) in [5, 5.41) is 10.7. The average Bonchev–Trinajstić information content (AvgIpc) is 2.57. The summed E-state index contributed by atoms with van der Waals surface area (Å²) in [5.41, 5.74) is -3.20. The van der Waals surface area contributed by atoms with E-state index < -0.39 is 58.7 Å². The van der Waals surface area contributed by atoms with E-state index in [1.54, 1.807) is 83.1 Å². The van der Waals surface area contributed by atoms with Crippen molar-refractivity contribution in [2.24, 2.45) is 5.16 Å². The first-order chi connectivity index (χ1) is 16.5. The van der Waals surface area contributed by atoms with E-state index in [1.165, 1.54) is 0 Å². The summed E-state index contributed by atoms with van der Waals surface area (Å²) < 4.78 is 20.9. The minimum absolute atomic E-state index is 0.0657. The monoisotopic (exact) mass is 532 g/mol. The molecule has 1 atom stereocenters. The molecule has 37 heavy (non-hydrogen) atoms. The van der Waals surface area contributed by atoms with Gasteiger partial charge in [0.25, 0.3) is 5.96 Å². The lowest BCUT2D eigenvalue weighted by Crippen LogP contribution is -2.47. The van der Waals surface area contributed by atoms with E-state index >= 15 is 0 Å². The Kier molecular flexibility index (Phi) is 12.2. The number of hydrogen-bond donors (Lipinski definition) is 3. The molecule has 0 aromatic carbocycles. The van der Waals surface area contributed by atoms with Crippen molar-refractivity contribution in [2.45, 2.75) is 118 Å². The maximum Gasteiger partial charge on any atom is 0.414 e. The van der Waals surface area contributed by atoms with Gasteiger partial charge in [0.2, 0.25) is 0 Å². The Morgan fingerprint density at radius 2 is 1.00 bits per heavy atom. The fourth-order valence-corrected chi connectivity index (χ4v) is 2.23. The second kappa shape index (κ2) is 13.3. The van der Waals surface area contributed by atoms with Gasteiger partial charge >= 0.3 is 24.2 Å². The van der Waals surface area contributed by atoms with E-state index in [1.807, 2.05) is 0 Å². The third-order valence-electron chi connectivity index (χ3n) is 3.27. The minimum atomic E-state index is -1.12. The molecule has 214 valence electrons. The van der Waals surface area contributed by atoms with Crippen LogP contribution in [0.2, 0.25) is 0 Å². The van der Waals surface area contributed by atoms with Crippen LogP contribution < -0.4 is 16.0 Å². The van der Waals surface area contributed by atoms with Crippen molar-refractivity contribution in [3.8, 4) is 0 Å². The van der Waals surface area contributed by atoms with Gasteiger partial charge in [0.05, 0.1) is 0 Å². The van der Waals surface area contributed by atoms with Crippen molar-refractivity contribution in [3.63, 3.8) is 0 Å². The second-order valence-electron chi connectivity index (χ2n) is 12.0. The lowest BCUT2D eigenvalue weighted by molar-refractivity contribution is -0.158. The number of esters is 1. The highest BCUT2D eigenvalue weighted by atomic mass is 16.6. The van der Waals surface area contributed by atoms with Gasteiger partial charge in [-0.05, 0) is 88.2 Å². The van der Waals surface area contributed by atoms with E-state index in [0.29, 0.717) is 0 Å². The number of oxime groups is 1. The van der Waals surface area contributed by atoms with E-state index in [2.05, 4.69) is 21.1 Å². The highest BCUT2D eigenvalue weighted by Gasteiger charge is 2.29. The summed E-state index contributed by atoms with van der Waals surface area (Å²) in [6.45, 7) is 19.9. The highest BCUT2D eigenvalue weighted by molar-refractivity contribution is 6.01. The third-order valence-corrected chi connectivity index (χ3v) is 3.27. The van der Waals surface area contributed by atoms with Crippen molar-refractivity contribution in [1.82, 2.24) is 16.0 Å². The first-order valence-corrected chi connectivity index (χ1v) is 11.9. The molecule has 0 unspecified atom stereocenters. The molecule has 0 fully saturated rings. The number of rotatable bonds is 6. The fourth-order valence-electron chi connectivity index (χ4n) is 2.23. The van der Waals surface area contributed by atoms with Crippen LogP contribution in [0.15, 0.2) is 5.16 Å². The Hall–Kier alpha value is -3.25. The Balaban J connectivity index is 5.45. The van der Waals surface area contributed by atoms with Gasteiger partial charge in [0, 0.05) is 6.42 Å². The summed E-state index contributed by atoms with van der Waals surface area (Å²) in [7, 11) is 0. The molecule has 0 aromatic heterocycles. The lowest BCUT2D eigenvalue weighted by Gasteiger charge is -2.26. The van der Waals surface area contributed by atoms with Crippen LogP contribution in [0.5, 0.6) is 0 Å². The molecule has 3 N–H and O–H groups in total. The van der Waals surface area contributed by atoms with Crippen LogP contribution in [0.3, 0.4) is 0 Å². The predicted octanol–water partition coefficient (Wildman–Crippen LogP) is 3.95. The van der Waals surface area contributed by atoms with Crippen LogP contribution >= 0.6 is 0 Å². The van der Waals surface area contributed by atoms with Crippen molar-refractivity contribution < 1.29 is 43.0 Å². The van der Waals surface area contributed by atoms with Crippen LogP contribution in [0.25, 0.3) is 0 Å². The Labute approximate surface area is 219 Å². The SMILES string of the molecule is CC(C)(C)OC(=O)NC(=NOCC[C@H](NC(=O)OC(C)(C)C)C(=O)OC(C)(C)C)NC(=O)OC(C)(C)C. The zero-order valence-electron chi connectivity index (χ0n) is 24.1. The summed E-state index contributed by atoms with van der Waals surface area (Å²) >= 11 is 0. The normalized spacial score (nSPS) is 12.9. The van der Waals surface area contributed by atoms with E-state index in [4.69, 9.17) is 23.8 Å². The number of alkyl carbamates (subject to hydrolysis) is 3. The van der Waals surface area contributed by atoms with Crippen LogP contribution in [0.1, 0.15) is 89.5 Å². The molecule has 0 aliphatic rings. The molecule has 0 bridgehead atoms. The summed E-state index contributed by atoms with van der Waals surface area (Å²) in [6, 6.07) is -1.12. The van der Waals surface area contributed by atoms with E-state index in [0.717, 1.165) is 0 Å². The van der Waals surface area contributed by atoms with Gasteiger partial charge in [-0.2, -0.15) is 0 Å². The molecule has 13 heteroatoms. The van der Waals surface area contributed by atoms with Crippen molar-refractivity contribution in [1.29, 1.82) is 0 Å². The number of carbonyl (C=O) groups is 4. The molecule has 0 aliphatic heterocycles. The Bertz CT molecular complexity index is 797. The molecule has 0 saturated heterocycles. The molecule has 0 spiro atoms. The molecule has 0 heterocycles. The largest absolute Gasteiger partial charge is 0.458 e. The number of nitrogens with zero attached hydrogens (tertiary/aromatic N) is 1. The smallest absolute Gasteiger partial charge is 0.414 e. The molecule has 0 saturated carbocycles. The number of guanidine groups is 1. The quantitative estimate of drug-likeness (QED) is 0.115. The zero-order valence-corrected chi connectivity index (χ0v) is 24.1. The number of hydrogen-bond acceptors (Lipinski definition) is 10. The minimum Gasteiger partial charge on any atom is -0.458 e. The maximum atomic E-state index is 12.6. The maximum absolute atomic E-state index is 12.6. The van der Waals surface area contributed by atoms with Gasteiger partial charge in [-0.1, -0.05) is 0 Å². The van der Waals surface area contributed by atoms with Crippen molar-refractivity contribution in [2.75, 3.05) is 6.61 Å². The van der Waals surface area contributed by atoms with Crippen LogP contribution in [-0.2, 0) is 28.6 Å². The number of ether oxygens (including phenoxy) is 4. The Morgan fingerprint density at radius 3 is 1.38 bits per heavy atom. The standard InChI is InChI=1S/C24H44N4O9/c1-21(2,3)34-16(29)15(25-18(30)35-22(4,5)6)13-14-33-28-17(26-19(31)36-23(7,8)9)27-20(32)37-24(10,11)12/h15H,13-14H2,1-12H3,(H,25,30)(H2,26,27,28,31,32)/t15-/m0/s1. The van der Waals surface area contributed by atoms with Gasteiger partial charge in [-0.15, -0.1) is 0 Å². The summed E-state index contributed by atoms with van der Waals surface area (Å²) in [5.74, 6) is -1.11. The molecule has 0 rings (SSSR count). The number of amides is 3. The molecule has 13 nitrogen and oxygen atoms in total. The first-order valence-electron chi connectivity index (χ1n) is 11.9. The molecule has 0 aliphatic carbocycles. The summed E-state index contributed by atoms with van der Waals surface area (Å²) in [6.07, 6.45) is -2.68. The number of nitrogens with one attached hydrogen (secondary N) is 3. The fraction of sp³-hybridized carbons (Fsp3) is 0.792. The molecule has 0 aromatic rings. The molecule has 3 amide bonds. The Morgan fingerprint density at radius 1 is 0.622 bits per heavy atom. The average molecular weight is 533 g/mol. The van der Waals surface area contributed by atoms with Crippen LogP contribution in [0, 0.1) is 0 Å². The lowest BCUT2D eigenvalue weighted by atomic mass is 10.1. The van der Waals surface area contributed by atoms with Gasteiger partial charge in [0.15, 0.2) is 0 Å². The van der Waals surface area contributed by atoms with Gasteiger partial charge < -0.3 is 29.1 Å². The first kappa shape index (κ1) is 33.8. The molecule has 0 radical (unpaired) electrons. The van der Waals surface area contributed by atoms with Gasteiger partial charge in [-0.3, -0.25) is 10.6 Å². The van der Waals surface area contributed by atoms with Gasteiger partial charge in [0.1, 0.15) is 35.1 Å². The molecular weight excluding hydrogens is 488 g/mol. The number of carbonyl (C=O) groups excluding carboxylic acids is 4.